The van der Waals surface area contributed by atoms with Gasteiger partial charge in [-0.15, -0.1) is 0 Å². The van der Waals surface area contributed by atoms with Gasteiger partial charge in [-0.3, -0.25) is 4.79 Å². The molecule has 1 amide bonds. The molecule has 1 saturated heterocycles. The van der Waals surface area contributed by atoms with Gasteiger partial charge in [-0.05, 0) is 56.0 Å². The molecule has 33 heavy (non-hydrogen) atoms. The largest absolute Gasteiger partial charge is 0.449 e. The molecule has 2 aliphatic rings. The predicted molar refractivity (Wildman–Crippen MR) is 123 cm³/mol. The van der Waals surface area contributed by atoms with Gasteiger partial charge < -0.3 is 14.4 Å². The number of nitrogens with zero attached hydrogens (tertiary/aromatic N) is 2. The molecule has 0 bridgehead atoms. The molecule has 0 radical (unpaired) electrons. The van der Waals surface area contributed by atoms with E-state index in [1.165, 1.54) is 23.4 Å². The summed E-state index contributed by atoms with van der Waals surface area (Å²) in [7, 11) is -3.77. The summed E-state index contributed by atoms with van der Waals surface area (Å²) in [5.74, 6) is -1.04. The average molecular weight is 473 g/mol. The lowest BCUT2D eigenvalue weighted by molar-refractivity contribution is -0.126. The maximum absolute atomic E-state index is 13.1. The Morgan fingerprint density at radius 2 is 1.79 bits per heavy atom. The van der Waals surface area contributed by atoms with Crippen LogP contribution < -0.4 is 4.90 Å². The number of carbonyl (C=O) groups excluding carboxylic acids is 2. The van der Waals surface area contributed by atoms with E-state index in [0.29, 0.717) is 25.3 Å². The zero-order valence-corrected chi connectivity index (χ0v) is 19.6. The smallest absolute Gasteiger partial charge is 0.338 e. The number of rotatable bonds is 5. The van der Waals surface area contributed by atoms with E-state index in [4.69, 9.17) is 9.47 Å². The van der Waals surface area contributed by atoms with E-state index in [2.05, 4.69) is 0 Å². The number of fused-ring (bicyclic) bond motifs is 1. The number of anilines is 1. The van der Waals surface area contributed by atoms with Crippen molar-refractivity contribution in [2.24, 2.45) is 0 Å². The molecule has 0 aromatic heterocycles. The Morgan fingerprint density at radius 1 is 1.06 bits per heavy atom. The summed E-state index contributed by atoms with van der Waals surface area (Å²) < 4.78 is 38.2. The highest BCUT2D eigenvalue weighted by Crippen LogP contribution is 2.28. The molecule has 0 spiro atoms. The second-order valence-corrected chi connectivity index (χ2v) is 10.2. The average Bonchev–Trinajstić information content (AvgIpc) is 2.83. The standard InChI is InChI=1S/C24H28N2O6S/c1-17-9-10-20(16-22(17)33(29,30)25-12-14-31-15-13-25)24(28)32-18(2)23(27)26-11-5-7-19-6-3-4-8-21(19)26/h3-4,6,8-10,16,18H,5,7,11-15H2,1-2H3. The lowest BCUT2D eigenvalue weighted by atomic mass is 10.0. The van der Waals surface area contributed by atoms with E-state index in [1.54, 1.807) is 17.9 Å². The molecule has 1 atom stereocenters. The van der Waals surface area contributed by atoms with E-state index in [1.807, 2.05) is 24.3 Å². The van der Waals surface area contributed by atoms with Crippen molar-refractivity contribution >= 4 is 27.6 Å². The van der Waals surface area contributed by atoms with Crippen LogP contribution in [-0.2, 0) is 30.7 Å². The number of para-hydroxylation sites is 1. The van der Waals surface area contributed by atoms with Crippen molar-refractivity contribution < 1.29 is 27.5 Å². The van der Waals surface area contributed by atoms with E-state index in [-0.39, 0.29) is 29.5 Å². The summed E-state index contributed by atoms with van der Waals surface area (Å²) in [6.07, 6.45) is 0.728. The fourth-order valence-corrected chi connectivity index (χ4v) is 5.85. The topological polar surface area (TPSA) is 93.2 Å². The summed E-state index contributed by atoms with van der Waals surface area (Å²) in [6.45, 7) is 4.97. The minimum Gasteiger partial charge on any atom is -0.449 e. The van der Waals surface area contributed by atoms with Crippen molar-refractivity contribution in [3.05, 3.63) is 59.2 Å². The first-order chi connectivity index (χ1) is 15.8. The fraction of sp³-hybridized carbons (Fsp3) is 0.417. The van der Waals surface area contributed by atoms with Gasteiger partial charge in [0.2, 0.25) is 10.0 Å². The van der Waals surface area contributed by atoms with Gasteiger partial charge in [0.05, 0.1) is 23.7 Å². The summed E-state index contributed by atoms with van der Waals surface area (Å²) >= 11 is 0. The summed E-state index contributed by atoms with van der Waals surface area (Å²) in [5.41, 5.74) is 2.55. The highest BCUT2D eigenvalue weighted by molar-refractivity contribution is 7.89. The number of hydrogen-bond donors (Lipinski definition) is 0. The van der Waals surface area contributed by atoms with Gasteiger partial charge in [0.1, 0.15) is 0 Å². The monoisotopic (exact) mass is 472 g/mol. The molecule has 4 rings (SSSR count). The number of carbonyl (C=O) groups is 2. The molecule has 0 saturated carbocycles. The van der Waals surface area contributed by atoms with Crippen LogP contribution in [0.25, 0.3) is 0 Å². The van der Waals surface area contributed by atoms with Crippen LogP contribution in [-0.4, -0.2) is 63.6 Å². The van der Waals surface area contributed by atoms with Gasteiger partial charge in [0, 0.05) is 25.3 Å². The molecule has 8 nitrogen and oxygen atoms in total. The Morgan fingerprint density at radius 3 is 2.55 bits per heavy atom. The molecular weight excluding hydrogens is 444 g/mol. The van der Waals surface area contributed by atoms with Gasteiger partial charge in [0.15, 0.2) is 6.10 Å². The van der Waals surface area contributed by atoms with Gasteiger partial charge in [-0.25, -0.2) is 13.2 Å². The van der Waals surface area contributed by atoms with Crippen molar-refractivity contribution in [2.75, 3.05) is 37.7 Å². The van der Waals surface area contributed by atoms with Crippen molar-refractivity contribution in [1.29, 1.82) is 0 Å². The Hall–Kier alpha value is -2.75. The number of aryl methyl sites for hydroxylation is 2. The van der Waals surface area contributed by atoms with Crippen molar-refractivity contribution in [2.45, 2.75) is 37.7 Å². The Labute approximate surface area is 194 Å². The Kier molecular flexibility index (Phi) is 6.83. The molecule has 1 unspecified atom stereocenters. The molecule has 0 N–H and O–H groups in total. The Balaban J connectivity index is 1.51. The molecule has 1 fully saturated rings. The number of sulfonamides is 1. The zero-order valence-electron chi connectivity index (χ0n) is 18.8. The van der Waals surface area contributed by atoms with Crippen LogP contribution in [0.15, 0.2) is 47.4 Å². The van der Waals surface area contributed by atoms with E-state index in [9.17, 15) is 18.0 Å². The van der Waals surface area contributed by atoms with Crippen LogP contribution in [0.4, 0.5) is 5.69 Å². The van der Waals surface area contributed by atoms with E-state index >= 15 is 0 Å². The fourth-order valence-electron chi connectivity index (χ4n) is 4.19. The van der Waals surface area contributed by atoms with E-state index in [0.717, 1.165) is 24.1 Å². The normalized spacial score (nSPS) is 17.8. The van der Waals surface area contributed by atoms with Crippen molar-refractivity contribution in [3.8, 4) is 0 Å². The second kappa shape index (κ2) is 9.62. The summed E-state index contributed by atoms with van der Waals surface area (Å²) in [6, 6.07) is 12.1. The van der Waals surface area contributed by atoms with Crippen molar-refractivity contribution in [3.63, 3.8) is 0 Å². The lowest BCUT2D eigenvalue weighted by Gasteiger charge is -2.31. The van der Waals surface area contributed by atoms with Crippen LogP contribution in [0.1, 0.15) is 34.8 Å². The first kappa shape index (κ1) is 23.4. The Bertz CT molecular complexity index is 1160. The molecule has 2 aromatic rings. The number of benzene rings is 2. The van der Waals surface area contributed by atoms with Crippen molar-refractivity contribution in [1.82, 2.24) is 4.31 Å². The van der Waals surface area contributed by atoms with Gasteiger partial charge in [-0.1, -0.05) is 24.3 Å². The SMILES string of the molecule is Cc1ccc(C(=O)OC(C)C(=O)N2CCCc3ccccc32)cc1S(=O)(=O)N1CCOCC1. The van der Waals surface area contributed by atoms with Crippen LogP contribution in [0.5, 0.6) is 0 Å². The highest BCUT2D eigenvalue weighted by Gasteiger charge is 2.31. The number of morpholine rings is 1. The quantitative estimate of drug-likeness (QED) is 0.621. The first-order valence-corrected chi connectivity index (χ1v) is 12.5. The van der Waals surface area contributed by atoms with Gasteiger partial charge in [-0.2, -0.15) is 4.31 Å². The molecular formula is C24H28N2O6S. The molecule has 2 aliphatic heterocycles. The van der Waals surface area contributed by atoms with Gasteiger partial charge in [0.25, 0.3) is 5.91 Å². The van der Waals surface area contributed by atoms with Crippen LogP contribution in [0.3, 0.4) is 0 Å². The van der Waals surface area contributed by atoms with Crippen LogP contribution >= 0.6 is 0 Å². The molecule has 176 valence electrons. The molecule has 2 heterocycles. The minimum absolute atomic E-state index is 0.0581. The zero-order chi connectivity index (χ0) is 23.6. The number of esters is 1. The predicted octanol–water partition coefficient (Wildman–Crippen LogP) is 2.54. The molecule has 0 aliphatic carbocycles. The maximum atomic E-state index is 13.1. The van der Waals surface area contributed by atoms with Crippen LogP contribution in [0.2, 0.25) is 0 Å². The summed E-state index contributed by atoms with van der Waals surface area (Å²) in [5, 5.41) is 0. The number of ether oxygens (including phenoxy) is 2. The van der Waals surface area contributed by atoms with Gasteiger partial charge >= 0.3 is 5.97 Å². The minimum atomic E-state index is -3.77. The third-order valence-corrected chi connectivity index (χ3v) is 8.06. The first-order valence-electron chi connectivity index (χ1n) is 11.1. The summed E-state index contributed by atoms with van der Waals surface area (Å²) in [4.78, 5) is 27.6. The number of amides is 1. The third-order valence-electron chi connectivity index (χ3n) is 6.02. The third kappa shape index (κ3) is 4.80. The highest BCUT2D eigenvalue weighted by atomic mass is 32.2. The maximum Gasteiger partial charge on any atom is 0.338 e. The molecule has 2 aromatic carbocycles. The second-order valence-electron chi connectivity index (χ2n) is 8.27. The lowest BCUT2D eigenvalue weighted by Crippen LogP contribution is -2.42. The van der Waals surface area contributed by atoms with E-state index < -0.39 is 22.1 Å². The number of hydrogen-bond acceptors (Lipinski definition) is 6. The van der Waals surface area contributed by atoms with Crippen LogP contribution in [0, 0.1) is 6.92 Å². The molecule has 9 heteroatoms.